The minimum absolute atomic E-state index is 0. The number of rotatable bonds is 9. The molecule has 1 saturated carbocycles. The lowest BCUT2D eigenvalue weighted by Crippen LogP contribution is -2.39. The predicted molar refractivity (Wildman–Crippen MR) is 108 cm³/mol. The van der Waals surface area contributed by atoms with Gasteiger partial charge in [-0.1, -0.05) is 37.3 Å². The number of hydrogen-bond donors (Lipinski definition) is 2. The quantitative estimate of drug-likeness (QED) is 0.273. The maximum atomic E-state index is 5.68. The van der Waals surface area contributed by atoms with Crippen molar-refractivity contribution in [2.24, 2.45) is 10.9 Å². The molecule has 0 heterocycles. The lowest BCUT2D eigenvalue weighted by molar-refractivity contribution is 0.136. The molecule has 0 spiro atoms. The molecule has 2 atom stereocenters. The summed E-state index contributed by atoms with van der Waals surface area (Å²) in [7, 11) is 0. The van der Waals surface area contributed by atoms with E-state index in [9.17, 15) is 0 Å². The standard InChI is InChI=1S/C18H29N3O.HI/c1-3-19-18(21-17-14-15(17)2)20-11-7-12-22-13-10-16-8-5-4-6-9-16;/h4-6,8-9,15,17H,3,7,10-14H2,1-2H3,(H2,19,20,21);1H. The van der Waals surface area contributed by atoms with E-state index in [0.29, 0.717) is 6.04 Å². The van der Waals surface area contributed by atoms with Crippen LogP contribution in [0.15, 0.2) is 35.3 Å². The molecule has 1 aliphatic rings. The minimum Gasteiger partial charge on any atom is -0.381 e. The summed E-state index contributed by atoms with van der Waals surface area (Å²) in [5, 5.41) is 6.76. The highest BCUT2D eigenvalue weighted by molar-refractivity contribution is 14.0. The van der Waals surface area contributed by atoms with Crippen LogP contribution in [0.1, 0.15) is 32.3 Å². The molecule has 1 fully saturated rings. The summed E-state index contributed by atoms with van der Waals surface area (Å²) >= 11 is 0. The van der Waals surface area contributed by atoms with E-state index in [-0.39, 0.29) is 24.0 Å². The van der Waals surface area contributed by atoms with Crippen molar-refractivity contribution in [3.8, 4) is 0 Å². The zero-order chi connectivity index (χ0) is 15.6. The van der Waals surface area contributed by atoms with E-state index in [4.69, 9.17) is 4.74 Å². The van der Waals surface area contributed by atoms with Crippen LogP contribution >= 0.6 is 24.0 Å². The van der Waals surface area contributed by atoms with E-state index in [1.165, 1.54) is 12.0 Å². The lowest BCUT2D eigenvalue weighted by Gasteiger charge is -2.10. The van der Waals surface area contributed by atoms with Gasteiger partial charge in [-0.25, -0.2) is 0 Å². The fourth-order valence-electron chi connectivity index (χ4n) is 2.31. The van der Waals surface area contributed by atoms with Crippen LogP contribution in [-0.2, 0) is 11.2 Å². The first-order chi connectivity index (χ1) is 10.8. The van der Waals surface area contributed by atoms with E-state index in [0.717, 1.165) is 51.0 Å². The molecule has 2 unspecified atom stereocenters. The largest absolute Gasteiger partial charge is 0.381 e. The number of benzene rings is 1. The van der Waals surface area contributed by atoms with Crippen molar-refractivity contribution in [2.75, 3.05) is 26.3 Å². The van der Waals surface area contributed by atoms with E-state index >= 15 is 0 Å². The number of nitrogens with one attached hydrogen (secondary N) is 2. The Bertz CT molecular complexity index is 453. The molecular weight excluding hydrogens is 401 g/mol. The second-order valence-corrected chi connectivity index (χ2v) is 5.93. The number of halogens is 1. The molecule has 5 heteroatoms. The zero-order valence-corrected chi connectivity index (χ0v) is 16.6. The van der Waals surface area contributed by atoms with Gasteiger partial charge in [0.1, 0.15) is 0 Å². The Morgan fingerprint density at radius 1 is 1.26 bits per heavy atom. The average molecular weight is 431 g/mol. The highest BCUT2D eigenvalue weighted by Gasteiger charge is 2.33. The van der Waals surface area contributed by atoms with Gasteiger partial charge in [-0.15, -0.1) is 24.0 Å². The van der Waals surface area contributed by atoms with Crippen LogP contribution in [0.2, 0.25) is 0 Å². The number of ether oxygens (including phenoxy) is 1. The van der Waals surface area contributed by atoms with E-state index in [1.807, 2.05) is 6.07 Å². The molecule has 4 nitrogen and oxygen atoms in total. The highest BCUT2D eigenvalue weighted by atomic mass is 127. The SMILES string of the molecule is CCNC(=NCCCOCCc1ccccc1)NC1CC1C.I. The molecule has 1 aromatic rings. The van der Waals surface area contributed by atoms with Gasteiger partial charge in [0.05, 0.1) is 6.61 Å². The Hall–Kier alpha value is -0.820. The molecule has 23 heavy (non-hydrogen) atoms. The molecule has 0 radical (unpaired) electrons. The molecule has 2 N–H and O–H groups in total. The summed E-state index contributed by atoms with van der Waals surface area (Å²) in [5.41, 5.74) is 1.33. The first-order valence-corrected chi connectivity index (χ1v) is 8.46. The number of guanidine groups is 1. The molecule has 0 saturated heterocycles. The molecular formula is C18H30IN3O. The van der Waals surface area contributed by atoms with Gasteiger partial charge in [-0.05, 0) is 37.7 Å². The second kappa shape index (κ2) is 11.7. The fourth-order valence-corrected chi connectivity index (χ4v) is 2.31. The molecule has 0 aliphatic heterocycles. The summed E-state index contributed by atoms with van der Waals surface area (Å²) < 4.78 is 5.68. The molecule has 0 aromatic heterocycles. The smallest absolute Gasteiger partial charge is 0.191 e. The monoisotopic (exact) mass is 431 g/mol. The van der Waals surface area contributed by atoms with Crippen LogP contribution in [0, 0.1) is 5.92 Å². The molecule has 130 valence electrons. The van der Waals surface area contributed by atoms with Gasteiger partial charge in [0.15, 0.2) is 5.96 Å². The summed E-state index contributed by atoms with van der Waals surface area (Å²) in [6, 6.07) is 11.1. The topological polar surface area (TPSA) is 45.7 Å². The van der Waals surface area contributed by atoms with Gasteiger partial charge in [0.2, 0.25) is 0 Å². The van der Waals surface area contributed by atoms with Crippen LogP contribution < -0.4 is 10.6 Å². The summed E-state index contributed by atoms with van der Waals surface area (Å²) in [6.07, 6.45) is 3.20. The van der Waals surface area contributed by atoms with Gasteiger partial charge < -0.3 is 15.4 Å². The van der Waals surface area contributed by atoms with Gasteiger partial charge in [0.25, 0.3) is 0 Å². The Kier molecular flexibility index (Phi) is 10.3. The van der Waals surface area contributed by atoms with E-state index in [2.05, 4.69) is 53.7 Å². The second-order valence-electron chi connectivity index (χ2n) is 5.93. The zero-order valence-electron chi connectivity index (χ0n) is 14.3. The number of nitrogens with zero attached hydrogens (tertiary/aromatic N) is 1. The average Bonchev–Trinajstić information content (AvgIpc) is 3.22. The van der Waals surface area contributed by atoms with Crippen molar-refractivity contribution in [3.63, 3.8) is 0 Å². The van der Waals surface area contributed by atoms with Crippen molar-refractivity contribution in [1.82, 2.24) is 10.6 Å². The van der Waals surface area contributed by atoms with Crippen LogP contribution in [0.5, 0.6) is 0 Å². The van der Waals surface area contributed by atoms with Crippen molar-refractivity contribution in [1.29, 1.82) is 0 Å². The van der Waals surface area contributed by atoms with Crippen molar-refractivity contribution < 1.29 is 4.74 Å². The predicted octanol–water partition coefficient (Wildman–Crippen LogP) is 3.22. The van der Waals surface area contributed by atoms with Gasteiger partial charge >= 0.3 is 0 Å². The molecule has 1 aliphatic carbocycles. The highest BCUT2D eigenvalue weighted by Crippen LogP contribution is 2.28. The maximum Gasteiger partial charge on any atom is 0.191 e. The van der Waals surface area contributed by atoms with E-state index < -0.39 is 0 Å². The molecule has 2 rings (SSSR count). The molecule has 1 aromatic carbocycles. The van der Waals surface area contributed by atoms with Crippen LogP contribution in [0.25, 0.3) is 0 Å². The van der Waals surface area contributed by atoms with Crippen molar-refractivity contribution in [2.45, 2.75) is 39.2 Å². The summed E-state index contributed by atoms with van der Waals surface area (Å²) in [4.78, 5) is 4.60. The van der Waals surface area contributed by atoms with Crippen molar-refractivity contribution in [3.05, 3.63) is 35.9 Å². The first kappa shape index (κ1) is 20.2. The third-order valence-corrected chi connectivity index (χ3v) is 3.87. The van der Waals surface area contributed by atoms with Crippen LogP contribution in [-0.4, -0.2) is 38.3 Å². The third-order valence-electron chi connectivity index (χ3n) is 3.87. The van der Waals surface area contributed by atoms with E-state index in [1.54, 1.807) is 0 Å². The van der Waals surface area contributed by atoms with Crippen molar-refractivity contribution >= 4 is 29.9 Å². The van der Waals surface area contributed by atoms with Gasteiger partial charge in [-0.2, -0.15) is 0 Å². The minimum atomic E-state index is 0. The summed E-state index contributed by atoms with van der Waals surface area (Å²) in [5.74, 6) is 1.73. The molecule has 0 bridgehead atoms. The van der Waals surface area contributed by atoms with Crippen LogP contribution in [0.4, 0.5) is 0 Å². The maximum absolute atomic E-state index is 5.68. The Labute approximate surface area is 157 Å². The van der Waals surface area contributed by atoms with Gasteiger partial charge in [0, 0.05) is 25.7 Å². The Morgan fingerprint density at radius 2 is 2.00 bits per heavy atom. The first-order valence-electron chi connectivity index (χ1n) is 8.46. The molecule has 0 amide bonds. The normalized spacial score (nSPS) is 19.8. The van der Waals surface area contributed by atoms with Crippen LogP contribution in [0.3, 0.4) is 0 Å². The Morgan fingerprint density at radius 3 is 2.65 bits per heavy atom. The summed E-state index contributed by atoms with van der Waals surface area (Å²) in [6.45, 7) is 7.63. The fraction of sp³-hybridized carbons (Fsp3) is 0.611. The Balaban J connectivity index is 0.00000264. The number of aliphatic imine (C=N–C) groups is 1. The number of hydrogen-bond acceptors (Lipinski definition) is 2. The third kappa shape index (κ3) is 8.55. The van der Waals surface area contributed by atoms with Gasteiger partial charge in [-0.3, -0.25) is 4.99 Å². The lowest BCUT2D eigenvalue weighted by atomic mass is 10.2.